The van der Waals surface area contributed by atoms with Gasteiger partial charge in [0.25, 0.3) is 11.8 Å². The van der Waals surface area contributed by atoms with Gasteiger partial charge in [0.15, 0.2) is 10.2 Å². The summed E-state index contributed by atoms with van der Waals surface area (Å²) in [5, 5.41) is -0.312. The maximum absolute atomic E-state index is 12.0. The fraction of sp³-hybridized carbons (Fsp3) is 0.714. The summed E-state index contributed by atoms with van der Waals surface area (Å²) in [4.78, 5) is 26.4. The van der Waals surface area contributed by atoms with Gasteiger partial charge in [-0.3, -0.25) is 9.59 Å². The van der Waals surface area contributed by atoms with Crippen LogP contribution in [0.1, 0.15) is 6.92 Å². The lowest BCUT2D eigenvalue weighted by atomic mass is 10.2. The largest absolute Gasteiger partial charge is 0.322 e. The van der Waals surface area contributed by atoms with Crippen molar-refractivity contribution in [2.24, 2.45) is 0 Å². The first-order valence-corrected chi connectivity index (χ1v) is 9.09. The number of hydrogen-bond donors (Lipinski definition) is 0. The van der Waals surface area contributed by atoms with Gasteiger partial charge >= 0.3 is 0 Å². The van der Waals surface area contributed by atoms with Crippen LogP contribution in [0.3, 0.4) is 0 Å². The molecule has 0 aliphatic carbocycles. The smallest absolute Gasteiger partial charge is 0.260 e. The Morgan fingerprint density at radius 2 is 2.07 bits per heavy atom. The number of rotatable bonds is 0. The molecular formula is C7H10N2O2S4. The molecule has 0 radical (unpaired) electrons. The van der Waals surface area contributed by atoms with E-state index in [0.29, 0.717) is 0 Å². The Balaban J connectivity index is 2.75. The van der Waals surface area contributed by atoms with Gasteiger partial charge in [-0.15, -0.1) is 0 Å². The van der Waals surface area contributed by atoms with Crippen LogP contribution in [0.25, 0.3) is 0 Å². The van der Waals surface area contributed by atoms with E-state index in [-0.39, 0.29) is 26.6 Å². The number of carbonyl (C=O) groups is 2. The molecule has 0 spiro atoms. The minimum Gasteiger partial charge on any atom is -0.322 e. The Labute approximate surface area is 101 Å². The second kappa shape index (κ2) is 3.47. The normalized spacial score (nSPS) is 38.9. The van der Waals surface area contributed by atoms with Gasteiger partial charge in [-0.05, 0) is 35.9 Å². The molecule has 2 rings (SSSR count). The van der Waals surface area contributed by atoms with Gasteiger partial charge in [0.1, 0.15) is 0 Å². The molecule has 2 bridgehead atoms. The number of piperazine rings is 1. The zero-order chi connectivity index (χ0) is 11.4. The summed E-state index contributed by atoms with van der Waals surface area (Å²) >= 11 is 4.85. The third-order valence-corrected chi connectivity index (χ3v) is 10.8. The van der Waals surface area contributed by atoms with Crippen LogP contribution in [0.15, 0.2) is 0 Å². The second-order valence-corrected chi connectivity index (χ2v) is 10.0. The highest BCUT2D eigenvalue weighted by Gasteiger charge is 2.64. The topological polar surface area (TPSA) is 40.6 Å². The van der Waals surface area contributed by atoms with Crippen molar-refractivity contribution < 1.29 is 9.59 Å². The van der Waals surface area contributed by atoms with Gasteiger partial charge in [-0.25, -0.2) is 0 Å². The molecule has 8 heteroatoms. The number of nitrogens with zero attached hydrogens (tertiary/aromatic N) is 2. The first-order chi connectivity index (χ1) is 6.96. The van der Waals surface area contributed by atoms with Crippen LogP contribution in [-0.2, 0) is 48.0 Å². The average Bonchev–Trinajstić information content (AvgIpc) is 2.50. The van der Waals surface area contributed by atoms with Crippen molar-refractivity contribution in [2.45, 2.75) is 17.2 Å². The van der Waals surface area contributed by atoms with Gasteiger partial charge in [0, 0.05) is 14.1 Å². The van der Waals surface area contributed by atoms with Crippen LogP contribution >= 0.6 is 0 Å². The Hall–Kier alpha value is -0.0500. The summed E-state index contributed by atoms with van der Waals surface area (Å²) in [5.74, 6) is 0.0500. The molecule has 3 atom stereocenters. The van der Waals surface area contributed by atoms with Crippen molar-refractivity contribution in [3.05, 3.63) is 0 Å². The minimum atomic E-state index is -0.688. The summed E-state index contributed by atoms with van der Waals surface area (Å²) in [5.41, 5.74) is 0. The Morgan fingerprint density at radius 1 is 1.47 bits per heavy atom. The molecule has 2 amide bonds. The highest BCUT2D eigenvalue weighted by atomic mass is 33.2. The Kier molecular flexibility index (Phi) is 2.65. The standard InChI is InChI=1S/C7H10N2O2S4/c1-7-6(11)8(2)5(4(10)9(7)3)15(7)14-13-12/h5H,1-3H3. The number of hydrogen-bond acceptors (Lipinski definition) is 3. The molecule has 2 heterocycles. The third kappa shape index (κ3) is 1.19. The van der Waals surface area contributed by atoms with E-state index in [1.165, 1.54) is 17.8 Å². The lowest BCUT2D eigenvalue weighted by Gasteiger charge is -2.32. The summed E-state index contributed by atoms with van der Waals surface area (Å²) in [6.07, 6.45) is 0. The van der Waals surface area contributed by atoms with Gasteiger partial charge in [0.05, 0.1) is 0 Å². The number of fused-ring (bicyclic) bond motifs is 2. The molecule has 15 heavy (non-hydrogen) atoms. The van der Waals surface area contributed by atoms with Crippen LogP contribution in [0, 0.1) is 0 Å². The Morgan fingerprint density at radius 3 is 2.53 bits per heavy atom. The minimum absolute atomic E-state index is 0.0227. The quantitative estimate of drug-likeness (QED) is 0.575. The van der Waals surface area contributed by atoms with Crippen molar-refractivity contribution in [1.82, 2.24) is 9.80 Å². The van der Waals surface area contributed by atoms with Gasteiger partial charge in [-0.2, -0.15) is 0 Å². The lowest BCUT2D eigenvalue weighted by Crippen LogP contribution is -2.56. The number of carbonyl (C=O) groups excluding carboxylic acids is 2. The molecule has 0 aromatic heterocycles. The zero-order valence-corrected chi connectivity index (χ0v) is 11.7. The van der Waals surface area contributed by atoms with Crippen molar-refractivity contribution in [2.75, 3.05) is 14.1 Å². The van der Waals surface area contributed by atoms with Crippen LogP contribution in [0.5, 0.6) is 0 Å². The van der Waals surface area contributed by atoms with Crippen molar-refractivity contribution in [1.29, 1.82) is 0 Å². The molecule has 2 fully saturated rings. The molecular weight excluding hydrogens is 272 g/mol. The molecule has 84 valence electrons. The second-order valence-electron chi connectivity index (χ2n) is 3.58. The Bertz CT molecular complexity index is 466. The zero-order valence-electron chi connectivity index (χ0n) is 8.42. The first kappa shape index (κ1) is 11.4. The van der Waals surface area contributed by atoms with Crippen molar-refractivity contribution in [3.8, 4) is 0 Å². The van der Waals surface area contributed by atoms with E-state index in [2.05, 4.69) is 0 Å². The van der Waals surface area contributed by atoms with E-state index >= 15 is 0 Å². The summed E-state index contributed by atoms with van der Waals surface area (Å²) in [6.45, 7) is 1.83. The van der Waals surface area contributed by atoms with E-state index in [9.17, 15) is 9.59 Å². The average molecular weight is 282 g/mol. The van der Waals surface area contributed by atoms with E-state index in [1.54, 1.807) is 23.9 Å². The van der Waals surface area contributed by atoms with E-state index in [4.69, 9.17) is 11.2 Å². The fourth-order valence-electron chi connectivity index (χ4n) is 1.93. The van der Waals surface area contributed by atoms with Crippen molar-refractivity contribution in [3.63, 3.8) is 0 Å². The van der Waals surface area contributed by atoms with E-state index in [0.717, 1.165) is 0 Å². The van der Waals surface area contributed by atoms with Crippen LogP contribution in [0.4, 0.5) is 0 Å². The highest BCUT2D eigenvalue weighted by molar-refractivity contribution is 8.59. The molecule has 0 N–H and O–H groups in total. The molecule has 0 aromatic rings. The lowest BCUT2D eigenvalue weighted by molar-refractivity contribution is -0.152. The summed E-state index contributed by atoms with van der Waals surface area (Å²) in [6, 6.07) is 0. The molecule has 4 nitrogen and oxygen atoms in total. The molecule has 0 aromatic carbocycles. The van der Waals surface area contributed by atoms with Crippen LogP contribution < -0.4 is 0 Å². The van der Waals surface area contributed by atoms with Crippen LogP contribution in [0.2, 0.25) is 0 Å². The van der Waals surface area contributed by atoms with Gasteiger partial charge in [-0.1, -0.05) is 9.45 Å². The molecule has 2 aliphatic heterocycles. The first-order valence-electron chi connectivity index (χ1n) is 4.21. The number of likely N-dealkylation sites (N-methyl/N-ethyl adjacent to an activating group) is 2. The monoisotopic (exact) mass is 282 g/mol. The molecule has 2 saturated heterocycles. The predicted molar refractivity (Wildman–Crippen MR) is 67.2 cm³/mol. The summed E-state index contributed by atoms with van der Waals surface area (Å²) < 4.78 is 0. The predicted octanol–water partition coefficient (Wildman–Crippen LogP) is -0.952. The molecule has 2 aliphatic rings. The highest BCUT2D eigenvalue weighted by Crippen LogP contribution is 2.40. The van der Waals surface area contributed by atoms with Crippen molar-refractivity contribution >= 4 is 50.2 Å². The van der Waals surface area contributed by atoms with Gasteiger partial charge in [0.2, 0.25) is 0 Å². The SMILES string of the molecule is CN1C(=O)C2(C)N(C)C(=O)C1S2=S=S=S. The summed E-state index contributed by atoms with van der Waals surface area (Å²) in [7, 11) is 5.70. The third-order valence-electron chi connectivity index (χ3n) is 2.95. The number of amides is 2. The maximum Gasteiger partial charge on any atom is 0.260 e. The van der Waals surface area contributed by atoms with E-state index in [1.807, 2.05) is 6.92 Å². The molecule has 3 unspecified atom stereocenters. The van der Waals surface area contributed by atoms with Crippen LogP contribution in [-0.4, -0.2) is 46.0 Å². The van der Waals surface area contributed by atoms with E-state index < -0.39 is 4.87 Å². The fourth-order valence-corrected chi connectivity index (χ4v) is 10.0. The maximum atomic E-state index is 12.0. The van der Waals surface area contributed by atoms with Gasteiger partial charge < -0.3 is 9.80 Å². The molecule has 0 saturated carbocycles.